The zero-order valence-corrected chi connectivity index (χ0v) is 6.17. The van der Waals surface area contributed by atoms with Crippen molar-refractivity contribution in [2.24, 2.45) is 0 Å². The minimum Gasteiger partial charge on any atom is -0.260 e. The molecule has 0 N–H and O–H groups in total. The number of rotatable bonds is 0. The molecule has 8 heavy (non-hydrogen) atoms. The van der Waals surface area contributed by atoms with Gasteiger partial charge in [-0.05, 0) is 12.8 Å². The molecule has 1 fully saturated rings. The SMILES string of the molecule is O=S1CCC(Cl)CC1. The van der Waals surface area contributed by atoms with Gasteiger partial charge in [-0.2, -0.15) is 0 Å². The van der Waals surface area contributed by atoms with Crippen molar-refractivity contribution in [2.45, 2.75) is 18.2 Å². The molecule has 0 bridgehead atoms. The molecule has 0 aromatic heterocycles. The third kappa shape index (κ3) is 1.75. The molecule has 0 aromatic carbocycles. The van der Waals surface area contributed by atoms with E-state index in [2.05, 4.69) is 0 Å². The van der Waals surface area contributed by atoms with Crippen LogP contribution in [0.25, 0.3) is 0 Å². The molecule has 3 heteroatoms. The largest absolute Gasteiger partial charge is 0.260 e. The van der Waals surface area contributed by atoms with E-state index in [9.17, 15) is 4.21 Å². The van der Waals surface area contributed by atoms with Gasteiger partial charge in [-0.1, -0.05) is 0 Å². The van der Waals surface area contributed by atoms with E-state index >= 15 is 0 Å². The van der Waals surface area contributed by atoms with E-state index < -0.39 is 10.8 Å². The van der Waals surface area contributed by atoms with Gasteiger partial charge in [0.05, 0.1) is 0 Å². The standard InChI is InChI=1S/C5H9ClOS/c6-5-1-3-8(7)4-2-5/h5H,1-4H2. The third-order valence-corrected chi connectivity index (χ3v) is 3.14. The Labute approximate surface area is 56.9 Å². The van der Waals surface area contributed by atoms with Gasteiger partial charge in [0.25, 0.3) is 0 Å². The highest BCUT2D eigenvalue weighted by Crippen LogP contribution is 2.14. The van der Waals surface area contributed by atoms with Gasteiger partial charge < -0.3 is 0 Å². The van der Waals surface area contributed by atoms with Crippen LogP contribution in [0.3, 0.4) is 0 Å². The van der Waals surface area contributed by atoms with Crippen molar-refractivity contribution in [3.8, 4) is 0 Å². The predicted molar refractivity (Wildman–Crippen MR) is 36.8 cm³/mol. The molecule has 1 heterocycles. The molecule has 0 unspecified atom stereocenters. The molecular weight excluding hydrogens is 144 g/mol. The van der Waals surface area contributed by atoms with Crippen LogP contribution in [0.2, 0.25) is 0 Å². The first-order valence-electron chi connectivity index (χ1n) is 2.78. The second kappa shape index (κ2) is 2.83. The van der Waals surface area contributed by atoms with E-state index in [1.807, 2.05) is 0 Å². The van der Waals surface area contributed by atoms with Crippen molar-refractivity contribution in [2.75, 3.05) is 11.5 Å². The van der Waals surface area contributed by atoms with Crippen LogP contribution in [0.4, 0.5) is 0 Å². The van der Waals surface area contributed by atoms with Crippen molar-refractivity contribution >= 4 is 22.4 Å². The monoisotopic (exact) mass is 152 g/mol. The average Bonchev–Trinajstić information content (AvgIpc) is 1.77. The summed E-state index contributed by atoms with van der Waals surface area (Å²) in [6.45, 7) is 0. The van der Waals surface area contributed by atoms with E-state index in [1.165, 1.54) is 0 Å². The summed E-state index contributed by atoms with van der Waals surface area (Å²) in [5.41, 5.74) is 0. The van der Waals surface area contributed by atoms with E-state index in [1.54, 1.807) is 0 Å². The summed E-state index contributed by atoms with van der Waals surface area (Å²) >= 11 is 5.75. The highest BCUT2D eigenvalue weighted by molar-refractivity contribution is 7.85. The van der Waals surface area contributed by atoms with Gasteiger partial charge in [0.2, 0.25) is 0 Å². The molecule has 0 radical (unpaired) electrons. The lowest BCUT2D eigenvalue weighted by atomic mass is 10.3. The highest BCUT2D eigenvalue weighted by atomic mass is 35.5. The van der Waals surface area contributed by atoms with E-state index in [0.717, 1.165) is 24.3 Å². The van der Waals surface area contributed by atoms with Crippen molar-refractivity contribution in [3.63, 3.8) is 0 Å². The Morgan fingerprint density at radius 3 is 2.25 bits per heavy atom. The fourth-order valence-electron chi connectivity index (χ4n) is 0.765. The van der Waals surface area contributed by atoms with Crippen LogP contribution in [0, 0.1) is 0 Å². The molecule has 1 saturated heterocycles. The van der Waals surface area contributed by atoms with Gasteiger partial charge >= 0.3 is 0 Å². The van der Waals surface area contributed by atoms with E-state index in [0.29, 0.717) is 5.38 Å². The Hall–Kier alpha value is 0.440. The minimum absolute atomic E-state index is 0.299. The zero-order chi connectivity index (χ0) is 5.98. The molecule has 0 atom stereocenters. The van der Waals surface area contributed by atoms with Crippen LogP contribution in [-0.2, 0) is 10.8 Å². The lowest BCUT2D eigenvalue weighted by molar-refractivity contribution is 0.660. The van der Waals surface area contributed by atoms with Crippen molar-refractivity contribution in [1.82, 2.24) is 0 Å². The second-order valence-corrected chi connectivity index (χ2v) is 4.34. The maximum atomic E-state index is 10.7. The number of halogens is 1. The lowest BCUT2D eigenvalue weighted by Gasteiger charge is -2.13. The molecule has 0 amide bonds. The summed E-state index contributed by atoms with van der Waals surface area (Å²) in [6.07, 6.45) is 1.88. The van der Waals surface area contributed by atoms with Gasteiger partial charge in [0, 0.05) is 27.7 Å². The summed E-state index contributed by atoms with van der Waals surface area (Å²) in [4.78, 5) is 0. The molecule has 48 valence electrons. The Bertz CT molecular complexity index is 94.6. The predicted octanol–water partition coefficient (Wildman–Crippen LogP) is 1.14. The number of hydrogen-bond acceptors (Lipinski definition) is 1. The molecule has 1 aliphatic heterocycles. The Kier molecular flexibility index (Phi) is 2.32. The van der Waals surface area contributed by atoms with E-state index in [-0.39, 0.29) is 0 Å². The Morgan fingerprint density at radius 2 is 1.88 bits per heavy atom. The topological polar surface area (TPSA) is 17.1 Å². The number of hydrogen-bond donors (Lipinski definition) is 0. The van der Waals surface area contributed by atoms with Crippen LogP contribution in [0.1, 0.15) is 12.8 Å². The van der Waals surface area contributed by atoms with Gasteiger partial charge in [0.15, 0.2) is 0 Å². The van der Waals surface area contributed by atoms with Gasteiger partial charge in [-0.25, -0.2) is 0 Å². The van der Waals surface area contributed by atoms with Crippen LogP contribution < -0.4 is 0 Å². The van der Waals surface area contributed by atoms with Gasteiger partial charge in [-0.15, -0.1) is 11.6 Å². The molecule has 0 aliphatic carbocycles. The fourth-order valence-corrected chi connectivity index (χ4v) is 2.54. The van der Waals surface area contributed by atoms with Crippen LogP contribution in [0.5, 0.6) is 0 Å². The molecule has 1 rings (SSSR count). The quantitative estimate of drug-likeness (QED) is 0.476. The molecule has 1 aliphatic rings. The Morgan fingerprint density at radius 1 is 1.38 bits per heavy atom. The summed E-state index contributed by atoms with van der Waals surface area (Å²) in [7, 11) is -0.545. The molecule has 0 spiro atoms. The van der Waals surface area contributed by atoms with Crippen LogP contribution in [-0.4, -0.2) is 21.1 Å². The summed E-state index contributed by atoms with van der Waals surface area (Å²) < 4.78 is 10.7. The van der Waals surface area contributed by atoms with E-state index in [4.69, 9.17) is 11.6 Å². The average molecular weight is 153 g/mol. The van der Waals surface area contributed by atoms with Gasteiger partial charge in [-0.3, -0.25) is 4.21 Å². The normalized spacial score (nSPS) is 39.6. The Balaban J connectivity index is 2.29. The second-order valence-electron chi connectivity index (χ2n) is 2.02. The maximum absolute atomic E-state index is 10.7. The van der Waals surface area contributed by atoms with Gasteiger partial charge in [0.1, 0.15) is 0 Å². The zero-order valence-electron chi connectivity index (χ0n) is 4.60. The smallest absolute Gasteiger partial charge is 0.0353 e. The first-order chi connectivity index (χ1) is 3.79. The van der Waals surface area contributed by atoms with Crippen LogP contribution in [0.15, 0.2) is 0 Å². The molecule has 0 saturated carbocycles. The van der Waals surface area contributed by atoms with Crippen molar-refractivity contribution < 1.29 is 4.21 Å². The third-order valence-electron chi connectivity index (χ3n) is 1.32. The summed E-state index contributed by atoms with van der Waals surface area (Å²) in [6, 6.07) is 0. The first kappa shape index (κ1) is 6.56. The first-order valence-corrected chi connectivity index (χ1v) is 4.70. The lowest BCUT2D eigenvalue weighted by Crippen LogP contribution is -2.17. The van der Waals surface area contributed by atoms with Crippen LogP contribution >= 0.6 is 11.6 Å². The molecular formula is C5H9ClOS. The molecule has 0 aromatic rings. The van der Waals surface area contributed by atoms with Crippen molar-refractivity contribution in [3.05, 3.63) is 0 Å². The fraction of sp³-hybridized carbons (Fsp3) is 1.00. The summed E-state index contributed by atoms with van der Waals surface area (Å²) in [5.74, 6) is 1.63. The highest BCUT2D eigenvalue weighted by Gasteiger charge is 2.14. The van der Waals surface area contributed by atoms with Crippen molar-refractivity contribution in [1.29, 1.82) is 0 Å². The molecule has 1 nitrogen and oxygen atoms in total. The summed E-state index contributed by atoms with van der Waals surface area (Å²) in [5, 5.41) is 0.299. The minimum atomic E-state index is -0.545. The maximum Gasteiger partial charge on any atom is 0.0353 e. The number of alkyl halides is 1.